The molecule has 3 rings (SSSR count). The summed E-state index contributed by atoms with van der Waals surface area (Å²) in [6, 6.07) is 10.6. The van der Waals surface area contributed by atoms with Gasteiger partial charge in [-0.2, -0.15) is 0 Å². The zero-order valence-electron chi connectivity index (χ0n) is 18.0. The molecule has 0 fully saturated rings. The van der Waals surface area contributed by atoms with Gasteiger partial charge in [0.2, 0.25) is 0 Å². The van der Waals surface area contributed by atoms with E-state index in [0.29, 0.717) is 11.6 Å². The van der Waals surface area contributed by atoms with Crippen molar-refractivity contribution in [2.45, 2.75) is 70.0 Å². The van der Waals surface area contributed by atoms with Gasteiger partial charge in [-0.1, -0.05) is 44.5 Å². The van der Waals surface area contributed by atoms with Crippen LogP contribution in [0.25, 0.3) is 0 Å². The summed E-state index contributed by atoms with van der Waals surface area (Å²) in [5.74, 6) is -1.54. The predicted molar refractivity (Wildman–Crippen MR) is 119 cm³/mol. The summed E-state index contributed by atoms with van der Waals surface area (Å²) < 4.78 is 34.3. The first-order valence-electron chi connectivity index (χ1n) is 10.3. The number of fused-ring (bicyclic) bond motifs is 1. The minimum atomic E-state index is -1.81. The van der Waals surface area contributed by atoms with Crippen molar-refractivity contribution in [2.75, 3.05) is 6.61 Å². The molecule has 5 heteroatoms. The zero-order valence-corrected chi connectivity index (χ0v) is 19.8. The molecule has 0 saturated carbocycles. The molecule has 0 radical (unpaired) electrons. The third kappa shape index (κ3) is 4.45. The molecule has 2 aromatic carbocycles. The first-order valence-corrected chi connectivity index (χ1v) is 13.6. The molecule has 0 spiro atoms. The van der Waals surface area contributed by atoms with Crippen LogP contribution in [0.2, 0.25) is 23.2 Å². The van der Waals surface area contributed by atoms with E-state index in [1.165, 1.54) is 12.1 Å². The van der Waals surface area contributed by atoms with Crippen molar-refractivity contribution >= 4 is 19.9 Å². The van der Waals surface area contributed by atoms with Crippen LogP contribution < -0.4 is 0 Å². The van der Waals surface area contributed by atoms with Crippen molar-refractivity contribution < 1.29 is 13.2 Å². The van der Waals surface area contributed by atoms with Crippen molar-refractivity contribution in [1.29, 1.82) is 0 Å². The summed E-state index contributed by atoms with van der Waals surface area (Å²) in [5, 5.41) is 0.843. The molecule has 0 aliphatic heterocycles. The third-order valence-corrected chi connectivity index (χ3v) is 11.7. The largest absolute Gasteiger partial charge is 0.417 e. The monoisotopic (exact) mass is 436 g/mol. The lowest BCUT2D eigenvalue weighted by Crippen LogP contribution is -2.41. The topological polar surface area (TPSA) is 9.23 Å². The molecule has 1 aliphatic rings. The Balaban J connectivity index is 1.88. The van der Waals surface area contributed by atoms with Gasteiger partial charge in [0.1, 0.15) is 0 Å². The van der Waals surface area contributed by atoms with Crippen molar-refractivity contribution in [3.8, 4) is 0 Å². The van der Waals surface area contributed by atoms with Crippen LogP contribution in [-0.4, -0.2) is 14.9 Å². The van der Waals surface area contributed by atoms with E-state index in [0.717, 1.165) is 42.4 Å². The molecule has 1 unspecified atom stereocenters. The summed E-state index contributed by atoms with van der Waals surface area (Å²) in [7, 11) is -1.81. The van der Waals surface area contributed by atoms with Gasteiger partial charge in [0.25, 0.3) is 0 Å². The minimum Gasteiger partial charge on any atom is -0.417 e. The molecule has 0 aromatic heterocycles. The van der Waals surface area contributed by atoms with Gasteiger partial charge in [-0.3, -0.25) is 0 Å². The Kier molecular flexibility index (Phi) is 6.29. The van der Waals surface area contributed by atoms with Gasteiger partial charge in [-0.05, 0) is 84.8 Å². The summed E-state index contributed by atoms with van der Waals surface area (Å²) >= 11 is 6.10. The Morgan fingerprint density at radius 2 is 1.69 bits per heavy atom. The van der Waals surface area contributed by atoms with E-state index in [4.69, 9.17) is 16.0 Å². The van der Waals surface area contributed by atoms with E-state index < -0.39 is 20.0 Å². The lowest BCUT2D eigenvalue weighted by molar-refractivity contribution is 0.265. The predicted octanol–water partition coefficient (Wildman–Crippen LogP) is 7.65. The van der Waals surface area contributed by atoms with Crippen molar-refractivity contribution in [2.24, 2.45) is 0 Å². The Bertz CT molecular complexity index is 874. The van der Waals surface area contributed by atoms with E-state index >= 15 is 0 Å². The smallest absolute Gasteiger partial charge is 0.191 e. The fraction of sp³-hybridized carbons (Fsp3) is 0.500. The molecule has 2 aromatic rings. The number of benzene rings is 2. The fourth-order valence-corrected chi connectivity index (χ4v) is 5.33. The van der Waals surface area contributed by atoms with Crippen LogP contribution in [0.15, 0.2) is 36.4 Å². The van der Waals surface area contributed by atoms with Crippen LogP contribution in [0.5, 0.6) is 0 Å². The normalized spacial score (nSPS) is 19.4. The number of aryl methyl sites for hydroxylation is 1. The SMILES string of the molecule is CC(C)(C)[Si](C)(C)OCCCC1(c2ccc(Cl)cc2)CCc2cc(F)c(F)cc21. The summed E-state index contributed by atoms with van der Waals surface area (Å²) in [5.41, 5.74) is 2.60. The fourth-order valence-electron chi connectivity index (χ4n) is 4.11. The molecule has 0 saturated heterocycles. The van der Waals surface area contributed by atoms with Crippen molar-refractivity contribution in [1.82, 2.24) is 0 Å². The van der Waals surface area contributed by atoms with Gasteiger partial charge < -0.3 is 4.43 Å². The van der Waals surface area contributed by atoms with Crippen LogP contribution in [0.1, 0.15) is 56.7 Å². The highest BCUT2D eigenvalue weighted by atomic mass is 35.5. The van der Waals surface area contributed by atoms with Crippen LogP contribution >= 0.6 is 11.6 Å². The van der Waals surface area contributed by atoms with E-state index in [9.17, 15) is 8.78 Å². The standard InChI is InChI=1S/C24H31ClF2OSi/c1-23(2,3)29(4,5)28-14-6-12-24(18-7-9-19(25)10-8-18)13-11-17-15-21(26)22(27)16-20(17)24/h7-10,15-16H,6,11-14H2,1-5H3. The summed E-state index contributed by atoms with van der Waals surface area (Å²) in [6.07, 6.45) is 3.29. The lowest BCUT2D eigenvalue weighted by Gasteiger charge is -2.37. The summed E-state index contributed by atoms with van der Waals surface area (Å²) in [4.78, 5) is 0. The molecule has 0 N–H and O–H groups in total. The highest BCUT2D eigenvalue weighted by Crippen LogP contribution is 2.48. The second-order valence-corrected chi connectivity index (χ2v) is 15.0. The summed E-state index contributed by atoms with van der Waals surface area (Å²) in [6.45, 7) is 11.9. The zero-order chi connectivity index (χ0) is 21.4. The molecule has 1 nitrogen and oxygen atoms in total. The molecule has 1 aliphatic carbocycles. The van der Waals surface area contributed by atoms with E-state index in [2.05, 4.69) is 33.9 Å². The third-order valence-electron chi connectivity index (χ3n) is 6.90. The molecule has 0 amide bonds. The Hall–Kier alpha value is -1.23. The van der Waals surface area contributed by atoms with E-state index in [1.807, 2.05) is 24.3 Å². The average Bonchev–Trinajstić information content (AvgIpc) is 2.97. The van der Waals surface area contributed by atoms with Gasteiger partial charge in [0, 0.05) is 17.0 Å². The number of hydrogen-bond donors (Lipinski definition) is 0. The highest BCUT2D eigenvalue weighted by molar-refractivity contribution is 6.74. The molecular formula is C24H31ClF2OSi. The molecular weight excluding hydrogens is 406 g/mol. The maximum absolute atomic E-state index is 14.2. The maximum Gasteiger partial charge on any atom is 0.191 e. The van der Waals surface area contributed by atoms with Crippen LogP contribution in [-0.2, 0) is 16.3 Å². The van der Waals surface area contributed by atoms with Gasteiger partial charge in [-0.25, -0.2) is 8.78 Å². The minimum absolute atomic E-state index is 0.168. The van der Waals surface area contributed by atoms with Crippen LogP contribution in [0.4, 0.5) is 8.78 Å². The Morgan fingerprint density at radius 3 is 2.31 bits per heavy atom. The second kappa shape index (κ2) is 8.13. The van der Waals surface area contributed by atoms with Gasteiger partial charge >= 0.3 is 0 Å². The van der Waals surface area contributed by atoms with E-state index in [1.54, 1.807) is 0 Å². The first-order chi connectivity index (χ1) is 13.5. The van der Waals surface area contributed by atoms with Gasteiger partial charge in [0.05, 0.1) is 0 Å². The lowest BCUT2D eigenvalue weighted by atomic mass is 9.72. The van der Waals surface area contributed by atoms with Crippen molar-refractivity contribution in [3.63, 3.8) is 0 Å². The highest BCUT2D eigenvalue weighted by Gasteiger charge is 2.41. The molecule has 1 atom stereocenters. The van der Waals surface area contributed by atoms with Gasteiger partial charge in [-0.15, -0.1) is 0 Å². The molecule has 29 heavy (non-hydrogen) atoms. The number of hydrogen-bond acceptors (Lipinski definition) is 1. The second-order valence-electron chi connectivity index (χ2n) is 9.72. The molecule has 0 bridgehead atoms. The molecule has 158 valence electrons. The average molecular weight is 437 g/mol. The Labute approximate surface area is 179 Å². The maximum atomic E-state index is 14.2. The van der Waals surface area contributed by atoms with Crippen LogP contribution in [0.3, 0.4) is 0 Å². The van der Waals surface area contributed by atoms with Crippen LogP contribution in [0, 0.1) is 11.6 Å². The Morgan fingerprint density at radius 1 is 1.07 bits per heavy atom. The molecule has 0 heterocycles. The van der Waals surface area contributed by atoms with E-state index in [-0.39, 0.29) is 10.5 Å². The number of rotatable bonds is 6. The quantitative estimate of drug-likeness (QED) is 0.333. The van der Waals surface area contributed by atoms with Gasteiger partial charge in [0.15, 0.2) is 20.0 Å². The number of halogens is 3. The first kappa shape index (κ1) is 22.5. The van der Waals surface area contributed by atoms with Crippen molar-refractivity contribution in [3.05, 3.63) is 69.7 Å².